The molecule has 0 atom stereocenters. The number of amides is 1. The van der Waals surface area contributed by atoms with Gasteiger partial charge in [-0.05, 0) is 30.7 Å². The summed E-state index contributed by atoms with van der Waals surface area (Å²) < 4.78 is 15.3. The maximum Gasteiger partial charge on any atom is 0.258 e. The van der Waals surface area contributed by atoms with Crippen LogP contribution in [0.5, 0.6) is 0 Å². The van der Waals surface area contributed by atoms with Gasteiger partial charge in [-0.15, -0.1) is 5.10 Å². The molecular weight excluding hydrogens is 409 g/mol. The van der Waals surface area contributed by atoms with Crippen LogP contribution in [0.1, 0.15) is 21.7 Å². The van der Waals surface area contributed by atoms with Gasteiger partial charge in [-0.25, -0.2) is 14.1 Å². The van der Waals surface area contributed by atoms with Crippen molar-refractivity contribution >= 4 is 22.9 Å². The Morgan fingerprint density at radius 3 is 2.69 bits per heavy atom. The molecule has 0 bridgehead atoms. The maximum atomic E-state index is 13.7. The largest absolute Gasteiger partial charge is 0.289 e. The molecule has 32 heavy (non-hydrogen) atoms. The molecule has 0 saturated heterocycles. The third-order valence-corrected chi connectivity index (χ3v) is 4.97. The lowest BCUT2D eigenvalue weighted by atomic mass is 10.1. The summed E-state index contributed by atoms with van der Waals surface area (Å²) in [6.07, 6.45) is 1.59. The van der Waals surface area contributed by atoms with Gasteiger partial charge in [0.2, 0.25) is 5.95 Å². The minimum Gasteiger partial charge on any atom is -0.289 e. The van der Waals surface area contributed by atoms with Crippen LogP contribution in [-0.2, 0) is 6.54 Å². The first-order valence-corrected chi connectivity index (χ1v) is 9.93. The molecule has 0 fully saturated rings. The highest BCUT2D eigenvalue weighted by Crippen LogP contribution is 2.26. The number of aryl methyl sites for hydroxylation is 1. The SMILES string of the molecule is Cc1nc(NC(=O)c2cc(-c3ccccc3)nc3c2cnn3Cc2cccc(F)c2)n[nH]1. The van der Waals surface area contributed by atoms with Crippen molar-refractivity contribution in [2.75, 3.05) is 5.32 Å². The Bertz CT molecular complexity index is 1430. The predicted molar refractivity (Wildman–Crippen MR) is 118 cm³/mol. The van der Waals surface area contributed by atoms with Gasteiger partial charge in [-0.1, -0.05) is 42.5 Å². The fourth-order valence-corrected chi connectivity index (χ4v) is 3.48. The van der Waals surface area contributed by atoms with Crippen LogP contribution in [0.25, 0.3) is 22.3 Å². The summed E-state index contributed by atoms with van der Waals surface area (Å²) >= 11 is 0. The van der Waals surface area contributed by atoms with Crippen molar-refractivity contribution in [1.82, 2.24) is 29.9 Å². The van der Waals surface area contributed by atoms with Crippen molar-refractivity contribution in [2.45, 2.75) is 13.5 Å². The zero-order valence-electron chi connectivity index (χ0n) is 17.1. The molecule has 158 valence electrons. The van der Waals surface area contributed by atoms with Crippen LogP contribution in [0, 0.1) is 12.7 Å². The normalized spacial score (nSPS) is 11.1. The molecule has 0 aliphatic rings. The van der Waals surface area contributed by atoms with Gasteiger partial charge < -0.3 is 0 Å². The highest BCUT2D eigenvalue weighted by atomic mass is 19.1. The van der Waals surface area contributed by atoms with Crippen molar-refractivity contribution in [3.63, 3.8) is 0 Å². The van der Waals surface area contributed by atoms with Crippen LogP contribution < -0.4 is 5.32 Å². The van der Waals surface area contributed by atoms with E-state index in [0.717, 1.165) is 11.1 Å². The molecule has 3 heterocycles. The molecule has 3 aromatic heterocycles. The second-order valence-electron chi connectivity index (χ2n) is 7.29. The summed E-state index contributed by atoms with van der Waals surface area (Å²) in [5, 5.41) is 14.4. The molecule has 0 spiro atoms. The number of aromatic amines is 1. The molecule has 0 radical (unpaired) electrons. The number of aromatic nitrogens is 6. The fraction of sp³-hybridized carbons (Fsp3) is 0.0870. The first-order chi connectivity index (χ1) is 15.6. The van der Waals surface area contributed by atoms with Crippen molar-refractivity contribution in [2.24, 2.45) is 0 Å². The maximum absolute atomic E-state index is 13.7. The second-order valence-corrected chi connectivity index (χ2v) is 7.29. The molecule has 2 N–H and O–H groups in total. The summed E-state index contributed by atoms with van der Waals surface area (Å²) in [7, 11) is 0. The first kappa shape index (κ1) is 19.6. The summed E-state index contributed by atoms with van der Waals surface area (Å²) in [6.45, 7) is 2.06. The number of rotatable bonds is 5. The van der Waals surface area contributed by atoms with E-state index in [2.05, 4.69) is 25.6 Å². The number of H-pyrrole nitrogens is 1. The van der Waals surface area contributed by atoms with Crippen LogP contribution in [0.15, 0.2) is 66.9 Å². The summed E-state index contributed by atoms with van der Waals surface area (Å²) in [5.74, 6) is 0.0802. The van der Waals surface area contributed by atoms with Gasteiger partial charge in [-0.2, -0.15) is 10.1 Å². The Morgan fingerprint density at radius 1 is 1.09 bits per heavy atom. The van der Waals surface area contributed by atoms with E-state index in [9.17, 15) is 9.18 Å². The molecule has 0 aliphatic heterocycles. The Hall–Kier alpha value is -4.40. The van der Waals surface area contributed by atoms with Crippen LogP contribution in [0.2, 0.25) is 0 Å². The lowest BCUT2D eigenvalue weighted by molar-refractivity contribution is 0.102. The average Bonchev–Trinajstić information content (AvgIpc) is 3.39. The van der Waals surface area contributed by atoms with Gasteiger partial charge >= 0.3 is 0 Å². The van der Waals surface area contributed by atoms with Crippen LogP contribution in [0.3, 0.4) is 0 Å². The number of carbonyl (C=O) groups is 1. The second kappa shape index (κ2) is 8.03. The van der Waals surface area contributed by atoms with E-state index in [-0.39, 0.29) is 17.7 Å². The monoisotopic (exact) mass is 427 g/mol. The van der Waals surface area contributed by atoms with E-state index >= 15 is 0 Å². The third kappa shape index (κ3) is 3.83. The zero-order valence-corrected chi connectivity index (χ0v) is 17.1. The highest BCUT2D eigenvalue weighted by molar-refractivity contribution is 6.12. The highest BCUT2D eigenvalue weighted by Gasteiger charge is 2.19. The number of fused-ring (bicyclic) bond motifs is 1. The lowest BCUT2D eigenvalue weighted by Gasteiger charge is -2.09. The summed E-state index contributed by atoms with van der Waals surface area (Å²) in [6, 6.07) is 17.6. The van der Waals surface area contributed by atoms with Crippen molar-refractivity contribution < 1.29 is 9.18 Å². The molecule has 9 heteroatoms. The molecule has 8 nitrogen and oxygen atoms in total. The fourth-order valence-electron chi connectivity index (χ4n) is 3.48. The number of pyridine rings is 1. The van der Waals surface area contributed by atoms with Crippen LogP contribution in [-0.4, -0.2) is 35.9 Å². The first-order valence-electron chi connectivity index (χ1n) is 9.93. The van der Waals surface area contributed by atoms with Gasteiger partial charge in [0, 0.05) is 5.56 Å². The van der Waals surface area contributed by atoms with Crippen LogP contribution in [0.4, 0.5) is 10.3 Å². The molecule has 0 aliphatic carbocycles. The molecule has 5 aromatic rings. The lowest BCUT2D eigenvalue weighted by Crippen LogP contribution is -2.14. The minimum absolute atomic E-state index is 0.186. The Labute approximate surface area is 182 Å². The number of hydrogen-bond acceptors (Lipinski definition) is 5. The number of halogens is 1. The summed E-state index contributed by atoms with van der Waals surface area (Å²) in [4.78, 5) is 22.0. The number of hydrogen-bond donors (Lipinski definition) is 2. The Balaban J connectivity index is 1.61. The van der Waals surface area contributed by atoms with Crippen LogP contribution >= 0.6 is 0 Å². The van der Waals surface area contributed by atoms with Gasteiger partial charge in [0.25, 0.3) is 5.91 Å². The minimum atomic E-state index is -0.376. The Morgan fingerprint density at radius 2 is 1.94 bits per heavy atom. The third-order valence-electron chi connectivity index (χ3n) is 4.97. The number of nitrogens with one attached hydrogen (secondary N) is 2. The van der Waals surface area contributed by atoms with E-state index in [1.165, 1.54) is 12.1 Å². The van der Waals surface area contributed by atoms with E-state index in [1.807, 2.05) is 36.4 Å². The van der Waals surface area contributed by atoms with Gasteiger partial charge in [0.05, 0.1) is 29.4 Å². The van der Waals surface area contributed by atoms with Crippen molar-refractivity contribution in [1.29, 1.82) is 0 Å². The molecule has 0 unspecified atom stereocenters. The quantitative estimate of drug-likeness (QED) is 0.442. The number of benzene rings is 2. The standard InChI is InChI=1S/C23H18FN7O/c1-14-26-23(30-29-14)28-22(32)18-11-20(16-7-3-2-4-8-16)27-21-19(18)12-25-31(21)13-15-6-5-9-17(24)10-15/h2-12H,13H2,1H3,(H2,26,28,29,30,32). The molecule has 5 rings (SSSR count). The molecule has 1 amide bonds. The van der Waals surface area contributed by atoms with Gasteiger partial charge in [0.1, 0.15) is 11.6 Å². The van der Waals surface area contributed by atoms with Gasteiger partial charge in [-0.3, -0.25) is 15.2 Å². The average molecular weight is 427 g/mol. The molecular formula is C23H18FN7O. The smallest absolute Gasteiger partial charge is 0.258 e. The molecule has 2 aromatic carbocycles. The van der Waals surface area contributed by atoms with Crippen molar-refractivity contribution in [3.8, 4) is 11.3 Å². The Kier molecular flexibility index (Phi) is 4.91. The topological polar surface area (TPSA) is 101 Å². The van der Waals surface area contributed by atoms with E-state index in [1.54, 1.807) is 29.9 Å². The predicted octanol–water partition coefficient (Wildman–Crippen LogP) is 3.96. The van der Waals surface area contributed by atoms with E-state index in [0.29, 0.717) is 34.7 Å². The zero-order chi connectivity index (χ0) is 22.1. The van der Waals surface area contributed by atoms with Crippen molar-refractivity contribution in [3.05, 3.63) is 89.6 Å². The summed E-state index contributed by atoms with van der Waals surface area (Å²) in [5.41, 5.74) is 3.13. The number of anilines is 1. The van der Waals surface area contributed by atoms with Gasteiger partial charge in [0.15, 0.2) is 5.65 Å². The number of nitrogens with zero attached hydrogens (tertiary/aromatic N) is 5. The number of carbonyl (C=O) groups excluding carboxylic acids is 1. The van der Waals surface area contributed by atoms with E-state index < -0.39 is 0 Å². The molecule has 0 saturated carbocycles. The van der Waals surface area contributed by atoms with E-state index in [4.69, 9.17) is 4.98 Å².